The van der Waals surface area contributed by atoms with Gasteiger partial charge in [0.2, 0.25) is 0 Å². The van der Waals surface area contributed by atoms with Gasteiger partial charge in [-0.1, -0.05) is 30.7 Å². The fourth-order valence-electron chi connectivity index (χ4n) is 1.90. The van der Waals surface area contributed by atoms with Crippen molar-refractivity contribution in [1.29, 1.82) is 5.26 Å². The van der Waals surface area contributed by atoms with Gasteiger partial charge in [-0.2, -0.15) is 5.26 Å². The molecule has 16 heavy (non-hydrogen) atoms. The van der Waals surface area contributed by atoms with Crippen LogP contribution in [0.25, 0.3) is 0 Å². The van der Waals surface area contributed by atoms with Crippen molar-refractivity contribution in [3.8, 4) is 6.07 Å². The molecule has 3 heteroatoms. The van der Waals surface area contributed by atoms with Gasteiger partial charge in [0.15, 0.2) is 0 Å². The molecule has 0 spiro atoms. The predicted molar refractivity (Wildman–Crippen MR) is 64.3 cm³/mol. The molecule has 0 aliphatic heterocycles. The van der Waals surface area contributed by atoms with E-state index in [0.29, 0.717) is 11.4 Å². The number of nitriles is 1. The number of hydrogen-bond donors (Lipinski definition) is 0. The molecular weight excluding hydrogens is 222 g/mol. The van der Waals surface area contributed by atoms with Crippen molar-refractivity contribution in [3.05, 3.63) is 34.9 Å². The average Bonchev–Trinajstić information content (AvgIpc) is 2.21. The predicted octanol–water partition coefficient (Wildman–Crippen LogP) is 3.56. The normalized spacial score (nSPS) is 13.9. The van der Waals surface area contributed by atoms with Crippen LogP contribution >= 0.6 is 11.6 Å². The van der Waals surface area contributed by atoms with E-state index in [4.69, 9.17) is 16.9 Å². The number of carbonyl (C=O) groups excluding carboxylic acids is 1. The average molecular weight is 236 g/mol. The summed E-state index contributed by atoms with van der Waals surface area (Å²) in [5.74, 6) is -0.0920. The van der Waals surface area contributed by atoms with Crippen molar-refractivity contribution in [2.24, 2.45) is 5.92 Å². The number of nitrogens with zero attached hydrogens (tertiary/aromatic N) is 1. The van der Waals surface area contributed by atoms with Gasteiger partial charge in [0.25, 0.3) is 0 Å². The van der Waals surface area contributed by atoms with Gasteiger partial charge >= 0.3 is 0 Å². The van der Waals surface area contributed by atoms with E-state index < -0.39 is 0 Å². The molecule has 1 rings (SSSR count). The first kappa shape index (κ1) is 12.7. The lowest BCUT2D eigenvalue weighted by Gasteiger charge is -2.19. The first-order valence-electron chi connectivity index (χ1n) is 5.19. The number of ketones is 1. The topological polar surface area (TPSA) is 40.9 Å². The lowest BCUT2D eigenvalue weighted by Crippen LogP contribution is -2.17. The van der Waals surface area contributed by atoms with Crippen LogP contribution in [0.5, 0.6) is 0 Å². The molecule has 0 N–H and O–H groups in total. The Morgan fingerprint density at radius 3 is 2.44 bits per heavy atom. The molecule has 0 heterocycles. The number of Topliss-reactive ketones (excluding diaryl/α,β-unsaturated/α-hetero) is 1. The summed E-state index contributed by atoms with van der Waals surface area (Å²) < 4.78 is 0. The van der Waals surface area contributed by atoms with Crippen LogP contribution in [0.15, 0.2) is 24.3 Å². The van der Waals surface area contributed by atoms with Crippen molar-refractivity contribution in [3.63, 3.8) is 0 Å². The number of rotatable bonds is 4. The van der Waals surface area contributed by atoms with E-state index in [1.54, 1.807) is 19.1 Å². The molecule has 2 atom stereocenters. The van der Waals surface area contributed by atoms with Crippen molar-refractivity contribution >= 4 is 17.4 Å². The van der Waals surface area contributed by atoms with E-state index in [0.717, 1.165) is 5.56 Å². The number of carbonyl (C=O) groups is 1. The Hall–Kier alpha value is -1.33. The van der Waals surface area contributed by atoms with Crippen molar-refractivity contribution in [2.75, 3.05) is 0 Å². The van der Waals surface area contributed by atoms with Gasteiger partial charge < -0.3 is 0 Å². The summed E-state index contributed by atoms with van der Waals surface area (Å²) in [6.07, 6.45) is 0.382. The molecule has 1 aromatic carbocycles. The van der Waals surface area contributed by atoms with E-state index >= 15 is 0 Å². The molecule has 2 nitrogen and oxygen atoms in total. The third-order valence-electron chi connectivity index (χ3n) is 2.65. The van der Waals surface area contributed by atoms with Crippen LogP contribution in [0, 0.1) is 17.2 Å². The maximum Gasteiger partial charge on any atom is 0.137 e. The van der Waals surface area contributed by atoms with Crippen LogP contribution in [0.3, 0.4) is 0 Å². The van der Waals surface area contributed by atoms with E-state index in [-0.39, 0.29) is 17.6 Å². The zero-order valence-electron chi connectivity index (χ0n) is 9.40. The van der Waals surface area contributed by atoms with Crippen molar-refractivity contribution < 1.29 is 4.79 Å². The minimum Gasteiger partial charge on any atom is -0.299 e. The maximum atomic E-state index is 11.6. The minimum atomic E-state index is -0.211. The van der Waals surface area contributed by atoms with E-state index in [1.807, 2.05) is 19.1 Å². The number of halogens is 1. The van der Waals surface area contributed by atoms with Gasteiger partial charge in [0, 0.05) is 17.4 Å². The van der Waals surface area contributed by atoms with E-state index in [2.05, 4.69) is 6.07 Å². The summed E-state index contributed by atoms with van der Waals surface area (Å²) in [4.78, 5) is 11.6. The van der Waals surface area contributed by atoms with Crippen LogP contribution < -0.4 is 0 Å². The standard InChI is InChI=1S/C13H14ClNO/c1-9(7-8-15)13(10(2)16)11-3-5-12(14)6-4-11/h3-6,9,13H,7H2,1-2H3. The van der Waals surface area contributed by atoms with Crippen LogP contribution in [-0.4, -0.2) is 5.78 Å². The van der Waals surface area contributed by atoms with Crippen LogP contribution in [0.4, 0.5) is 0 Å². The molecule has 84 valence electrons. The molecule has 0 fully saturated rings. The van der Waals surface area contributed by atoms with E-state index in [9.17, 15) is 4.79 Å². The third kappa shape index (κ3) is 3.08. The van der Waals surface area contributed by atoms with Crippen LogP contribution in [0.1, 0.15) is 31.7 Å². The Morgan fingerprint density at radius 1 is 1.44 bits per heavy atom. The fourth-order valence-corrected chi connectivity index (χ4v) is 2.02. The lowest BCUT2D eigenvalue weighted by atomic mass is 9.83. The Kier molecular flexibility index (Phi) is 4.52. The molecule has 0 radical (unpaired) electrons. The quantitative estimate of drug-likeness (QED) is 0.801. The monoisotopic (exact) mass is 235 g/mol. The molecule has 0 aliphatic rings. The zero-order chi connectivity index (χ0) is 12.1. The summed E-state index contributed by atoms with van der Waals surface area (Å²) >= 11 is 5.80. The summed E-state index contributed by atoms with van der Waals surface area (Å²) in [7, 11) is 0. The van der Waals surface area contributed by atoms with Gasteiger partial charge in [0.1, 0.15) is 5.78 Å². The second-order valence-corrected chi connectivity index (χ2v) is 4.42. The van der Waals surface area contributed by atoms with Crippen molar-refractivity contribution in [1.82, 2.24) is 0 Å². The highest BCUT2D eigenvalue weighted by Crippen LogP contribution is 2.28. The first-order chi connectivity index (χ1) is 7.56. The summed E-state index contributed by atoms with van der Waals surface area (Å²) in [5, 5.41) is 9.33. The molecule has 0 saturated heterocycles. The van der Waals surface area contributed by atoms with Crippen LogP contribution in [-0.2, 0) is 4.79 Å². The SMILES string of the molecule is CC(=O)C(c1ccc(Cl)cc1)C(C)CC#N. The summed E-state index contributed by atoms with van der Waals surface area (Å²) in [5.41, 5.74) is 0.930. The Morgan fingerprint density at radius 2 is 2.00 bits per heavy atom. The molecule has 1 aromatic rings. The lowest BCUT2D eigenvalue weighted by molar-refractivity contribution is -0.119. The highest BCUT2D eigenvalue weighted by Gasteiger charge is 2.23. The van der Waals surface area contributed by atoms with Gasteiger partial charge in [-0.25, -0.2) is 0 Å². The molecule has 0 amide bonds. The summed E-state index contributed by atoms with van der Waals surface area (Å²) in [6.45, 7) is 3.48. The zero-order valence-corrected chi connectivity index (χ0v) is 10.2. The van der Waals surface area contributed by atoms with E-state index in [1.165, 1.54) is 0 Å². The fraction of sp³-hybridized carbons (Fsp3) is 0.385. The highest BCUT2D eigenvalue weighted by molar-refractivity contribution is 6.30. The minimum absolute atomic E-state index is 0.0312. The smallest absolute Gasteiger partial charge is 0.137 e. The second-order valence-electron chi connectivity index (χ2n) is 3.98. The largest absolute Gasteiger partial charge is 0.299 e. The Balaban J connectivity index is 2.99. The Labute approximate surface area is 101 Å². The number of benzene rings is 1. The maximum absolute atomic E-state index is 11.6. The van der Waals surface area contributed by atoms with Crippen molar-refractivity contribution in [2.45, 2.75) is 26.2 Å². The first-order valence-corrected chi connectivity index (χ1v) is 5.57. The van der Waals surface area contributed by atoms with Gasteiger partial charge in [0.05, 0.1) is 6.07 Å². The van der Waals surface area contributed by atoms with Gasteiger partial charge in [-0.15, -0.1) is 0 Å². The molecular formula is C13H14ClNO. The summed E-state index contributed by atoms with van der Waals surface area (Å²) in [6, 6.07) is 9.34. The highest BCUT2D eigenvalue weighted by atomic mass is 35.5. The molecule has 0 aliphatic carbocycles. The molecule has 0 aromatic heterocycles. The van der Waals surface area contributed by atoms with Gasteiger partial charge in [-0.05, 0) is 30.5 Å². The number of hydrogen-bond acceptors (Lipinski definition) is 2. The molecule has 0 saturated carbocycles. The second kappa shape index (κ2) is 5.67. The molecule has 2 unspecified atom stereocenters. The third-order valence-corrected chi connectivity index (χ3v) is 2.90. The Bertz CT molecular complexity index is 405. The van der Waals surface area contributed by atoms with Gasteiger partial charge in [-0.3, -0.25) is 4.79 Å². The molecule has 0 bridgehead atoms. The van der Waals surface area contributed by atoms with Crippen LogP contribution in [0.2, 0.25) is 5.02 Å².